The van der Waals surface area contributed by atoms with Gasteiger partial charge in [0.15, 0.2) is 11.6 Å². The number of carbonyl (C=O) groups is 2. The van der Waals surface area contributed by atoms with E-state index in [-0.39, 0.29) is 28.6 Å². The molecule has 57 heavy (non-hydrogen) atoms. The number of amides is 2. The molecule has 0 aliphatic carbocycles. The number of tetrazole rings is 2. The Kier molecular flexibility index (Phi) is 14.4. The van der Waals surface area contributed by atoms with E-state index in [0.29, 0.717) is 5.82 Å². The Labute approximate surface area is 341 Å². The number of likely N-dealkylation sites (tertiary alicyclic amines) is 2. The summed E-state index contributed by atoms with van der Waals surface area (Å²) in [6.45, 7) is 5.81. The summed E-state index contributed by atoms with van der Waals surface area (Å²) in [6, 6.07) is 42.1. The van der Waals surface area contributed by atoms with Gasteiger partial charge < -0.3 is 11.5 Å². The van der Waals surface area contributed by atoms with Crippen LogP contribution in [0, 0.1) is 0 Å². The SMILES string of the molecule is NC(=O)CBr.NC(=O)Cn1nnc(C2(c3ccccc3)CCN(Cc3ccccc3)CC2)n1.c1ccc(CN2CCC(c3ccccc3)(c3nn[nH]n3)CC2)cc1. The van der Waals surface area contributed by atoms with Crippen LogP contribution >= 0.6 is 15.9 Å². The van der Waals surface area contributed by atoms with Crippen LogP contribution < -0.4 is 11.5 Å². The summed E-state index contributed by atoms with van der Waals surface area (Å²) in [6.07, 6.45) is 3.80. The smallest absolute Gasteiger partial charge is 0.241 e. The lowest BCUT2D eigenvalue weighted by molar-refractivity contribution is -0.119. The minimum absolute atomic E-state index is 0.0575. The lowest BCUT2D eigenvalue weighted by atomic mass is 9.72. The van der Waals surface area contributed by atoms with Crippen molar-refractivity contribution < 1.29 is 9.59 Å². The molecule has 8 rings (SSSR count). The highest BCUT2D eigenvalue weighted by molar-refractivity contribution is 9.09. The van der Waals surface area contributed by atoms with Crippen molar-refractivity contribution in [1.82, 2.24) is 50.6 Å². The molecule has 4 heterocycles. The van der Waals surface area contributed by atoms with Crippen LogP contribution in [-0.2, 0) is 40.1 Å². The van der Waals surface area contributed by atoms with Gasteiger partial charge in [0.25, 0.3) is 0 Å². The lowest BCUT2D eigenvalue weighted by Crippen LogP contribution is -2.43. The van der Waals surface area contributed by atoms with Crippen molar-refractivity contribution in [3.05, 3.63) is 155 Å². The monoisotopic (exact) mass is 832 g/mol. The van der Waals surface area contributed by atoms with Gasteiger partial charge in [0.1, 0.15) is 6.54 Å². The van der Waals surface area contributed by atoms with Gasteiger partial charge in [-0.1, -0.05) is 142 Å². The first kappa shape index (κ1) is 41.0. The number of primary amides is 2. The molecule has 2 aliphatic heterocycles. The van der Waals surface area contributed by atoms with E-state index in [9.17, 15) is 9.59 Å². The number of aromatic amines is 1. The molecule has 2 fully saturated rings. The summed E-state index contributed by atoms with van der Waals surface area (Å²) in [4.78, 5) is 27.0. The Bertz CT molecular complexity index is 2090. The van der Waals surface area contributed by atoms with Crippen LogP contribution in [0.4, 0.5) is 0 Å². The van der Waals surface area contributed by atoms with Gasteiger partial charge in [0, 0.05) is 13.1 Å². The molecule has 0 bridgehead atoms. The second kappa shape index (κ2) is 20.0. The fourth-order valence-corrected chi connectivity index (χ4v) is 7.67. The van der Waals surface area contributed by atoms with Crippen LogP contribution in [-0.4, -0.2) is 94.0 Å². The predicted octanol–water partition coefficient (Wildman–Crippen LogP) is 4.39. The molecular formula is C42H49BrN12O2. The second-order valence-electron chi connectivity index (χ2n) is 14.4. The topological polar surface area (TPSA) is 191 Å². The van der Waals surface area contributed by atoms with E-state index < -0.39 is 5.91 Å². The van der Waals surface area contributed by atoms with E-state index in [0.717, 1.165) is 70.8 Å². The number of rotatable bonds is 11. The van der Waals surface area contributed by atoms with Crippen LogP contribution in [0.15, 0.2) is 121 Å². The van der Waals surface area contributed by atoms with Gasteiger partial charge in [-0.15, -0.1) is 20.4 Å². The summed E-state index contributed by atoms with van der Waals surface area (Å²) >= 11 is 2.84. The third-order valence-corrected chi connectivity index (χ3v) is 11.2. The van der Waals surface area contributed by atoms with E-state index >= 15 is 0 Å². The molecular weight excluding hydrogens is 784 g/mol. The first-order valence-corrected chi connectivity index (χ1v) is 20.2. The number of hydrogen-bond acceptors (Lipinski definition) is 10. The summed E-state index contributed by atoms with van der Waals surface area (Å²) in [5, 5.41) is 28.2. The average molecular weight is 834 g/mol. The Balaban J connectivity index is 0.000000174. The van der Waals surface area contributed by atoms with Crippen LogP contribution in [0.1, 0.15) is 59.6 Å². The maximum Gasteiger partial charge on any atom is 0.241 e. The minimum atomic E-state index is -0.476. The summed E-state index contributed by atoms with van der Waals surface area (Å²) < 4.78 is 0. The van der Waals surface area contributed by atoms with Gasteiger partial charge in [0.2, 0.25) is 11.8 Å². The zero-order chi connectivity index (χ0) is 39.9. The van der Waals surface area contributed by atoms with E-state index in [4.69, 9.17) is 5.73 Å². The Morgan fingerprint density at radius 2 is 1.04 bits per heavy atom. The highest BCUT2D eigenvalue weighted by Crippen LogP contribution is 2.41. The maximum absolute atomic E-state index is 11.2. The Morgan fingerprint density at radius 3 is 1.42 bits per heavy atom. The van der Waals surface area contributed by atoms with Crippen molar-refractivity contribution >= 4 is 27.7 Å². The van der Waals surface area contributed by atoms with Gasteiger partial charge in [-0.3, -0.25) is 19.4 Å². The van der Waals surface area contributed by atoms with Crippen LogP contribution in [0.2, 0.25) is 0 Å². The Hall–Kier alpha value is -5.64. The van der Waals surface area contributed by atoms with Gasteiger partial charge in [-0.05, 0) is 79.3 Å². The number of hydrogen-bond donors (Lipinski definition) is 3. The number of halogens is 1. The summed E-state index contributed by atoms with van der Waals surface area (Å²) in [5.74, 6) is 0.674. The molecule has 2 saturated heterocycles. The molecule has 2 aromatic heterocycles. The van der Waals surface area contributed by atoms with Crippen molar-refractivity contribution in [3.63, 3.8) is 0 Å². The maximum atomic E-state index is 11.2. The van der Waals surface area contributed by atoms with E-state index in [1.807, 2.05) is 24.3 Å². The van der Waals surface area contributed by atoms with Crippen molar-refractivity contribution in [2.45, 2.75) is 56.1 Å². The molecule has 0 atom stereocenters. The number of H-pyrrole nitrogens is 1. The fourth-order valence-electron chi connectivity index (χ4n) is 7.67. The average Bonchev–Trinajstić information content (AvgIpc) is 3.98. The van der Waals surface area contributed by atoms with Crippen LogP contribution in [0.25, 0.3) is 0 Å². The molecule has 4 aromatic carbocycles. The molecule has 0 spiro atoms. The zero-order valence-electron chi connectivity index (χ0n) is 31.9. The highest BCUT2D eigenvalue weighted by atomic mass is 79.9. The third kappa shape index (κ3) is 10.8. The largest absolute Gasteiger partial charge is 0.369 e. The standard InChI is InChI=1S/C21H24N6O.C19H21N5.C2H4BrNO/c22-19(28)16-27-24-20(23-25-27)21(18-9-5-2-6-10-18)11-13-26(14-12-21)15-17-7-3-1-4-8-17;1-3-7-16(8-4-1)15-24-13-11-19(12-14-24,18-20-22-23-21-18)17-9-5-2-6-10-17;3-1-2(4)5/h1-10H,11-16H2,(H2,22,28);1-10H,11-15H2,(H,20,21,22,23);1H2,(H2,4,5). The van der Waals surface area contributed by atoms with Crippen molar-refractivity contribution in [1.29, 1.82) is 0 Å². The van der Waals surface area contributed by atoms with Crippen molar-refractivity contribution in [3.8, 4) is 0 Å². The normalized spacial score (nSPS) is 16.3. The number of piperidine rings is 2. The molecule has 15 heteroatoms. The summed E-state index contributed by atoms with van der Waals surface area (Å²) in [5.41, 5.74) is 14.6. The lowest BCUT2D eigenvalue weighted by Gasteiger charge is -2.40. The minimum Gasteiger partial charge on any atom is -0.369 e. The first-order chi connectivity index (χ1) is 27.8. The van der Waals surface area contributed by atoms with E-state index in [1.165, 1.54) is 27.1 Å². The van der Waals surface area contributed by atoms with Gasteiger partial charge in [-0.2, -0.15) is 10.0 Å². The predicted molar refractivity (Wildman–Crippen MR) is 221 cm³/mol. The van der Waals surface area contributed by atoms with Crippen LogP contribution in [0.5, 0.6) is 0 Å². The zero-order valence-corrected chi connectivity index (χ0v) is 33.5. The number of nitrogens with zero attached hydrogens (tertiary/aromatic N) is 9. The Morgan fingerprint density at radius 1 is 0.614 bits per heavy atom. The van der Waals surface area contributed by atoms with Crippen molar-refractivity contribution in [2.75, 3.05) is 31.5 Å². The van der Waals surface area contributed by atoms with E-state index in [2.05, 4.69) is 165 Å². The number of nitrogens with two attached hydrogens (primary N) is 2. The first-order valence-electron chi connectivity index (χ1n) is 19.1. The molecule has 2 amide bonds. The van der Waals surface area contributed by atoms with Gasteiger partial charge >= 0.3 is 0 Å². The number of benzene rings is 4. The molecule has 2 aliphatic rings. The van der Waals surface area contributed by atoms with Gasteiger partial charge in [-0.25, -0.2) is 0 Å². The quantitative estimate of drug-likeness (QED) is 0.158. The number of nitrogens with one attached hydrogen (secondary N) is 1. The molecule has 5 N–H and O–H groups in total. The van der Waals surface area contributed by atoms with Crippen molar-refractivity contribution in [2.24, 2.45) is 11.5 Å². The number of carbonyl (C=O) groups excluding carboxylic acids is 2. The number of alkyl halides is 1. The van der Waals surface area contributed by atoms with Gasteiger partial charge in [0.05, 0.1) is 16.2 Å². The highest BCUT2D eigenvalue weighted by Gasteiger charge is 2.42. The second-order valence-corrected chi connectivity index (χ2v) is 14.9. The summed E-state index contributed by atoms with van der Waals surface area (Å²) in [7, 11) is 0. The molecule has 0 radical (unpaired) electrons. The molecule has 0 saturated carbocycles. The molecule has 0 unspecified atom stereocenters. The van der Waals surface area contributed by atoms with Crippen LogP contribution in [0.3, 0.4) is 0 Å². The number of aromatic nitrogens is 8. The molecule has 296 valence electrons. The van der Waals surface area contributed by atoms with E-state index in [1.54, 1.807) is 0 Å². The molecule has 6 aromatic rings. The third-order valence-electron chi connectivity index (χ3n) is 10.7. The molecule has 14 nitrogen and oxygen atoms in total. The fraction of sp³-hybridized carbons (Fsp3) is 0.333.